The number of hydrogen-bond donors (Lipinski definition) is 2. The summed E-state index contributed by atoms with van der Waals surface area (Å²) in [6, 6.07) is 5.85. The molecule has 1 aromatic carbocycles. The Morgan fingerprint density at radius 3 is 2.55 bits per heavy atom. The number of carboxylic acids is 1. The van der Waals surface area contributed by atoms with Gasteiger partial charge in [0.1, 0.15) is 23.1 Å². The largest absolute Gasteiger partial charge is 0.490 e. The fourth-order valence-corrected chi connectivity index (χ4v) is 4.53. The summed E-state index contributed by atoms with van der Waals surface area (Å²) in [5, 5.41) is 12.8. The fraction of sp³-hybridized carbons (Fsp3) is 0.500. The summed E-state index contributed by atoms with van der Waals surface area (Å²) < 4.78 is 45.2. The van der Waals surface area contributed by atoms with Crippen molar-refractivity contribution in [3.8, 4) is 5.75 Å². The second-order valence-electron chi connectivity index (χ2n) is 9.20. The van der Waals surface area contributed by atoms with E-state index < -0.39 is 12.1 Å². The summed E-state index contributed by atoms with van der Waals surface area (Å²) in [4.78, 5) is 31.6. The molecular weight excluding hydrogens is 531 g/mol. The van der Waals surface area contributed by atoms with Crippen LogP contribution in [-0.2, 0) is 9.53 Å². The molecule has 1 unspecified atom stereocenters. The van der Waals surface area contributed by atoms with Gasteiger partial charge < -0.3 is 19.6 Å². The first kappa shape index (κ1) is 27.9. The summed E-state index contributed by atoms with van der Waals surface area (Å²) in [5.41, 5.74) is 1.54. The minimum Gasteiger partial charge on any atom is -0.487 e. The number of aryl methyl sites for hydroxylation is 1. The van der Waals surface area contributed by atoms with E-state index in [0.29, 0.717) is 35.1 Å². The monoisotopic (exact) mass is 557 g/mol. The van der Waals surface area contributed by atoms with Gasteiger partial charge in [-0.05, 0) is 50.5 Å². The maximum atomic E-state index is 12.7. The zero-order valence-electron chi connectivity index (χ0n) is 20.7. The van der Waals surface area contributed by atoms with E-state index in [4.69, 9.17) is 36.0 Å². The van der Waals surface area contributed by atoms with Crippen molar-refractivity contribution in [2.45, 2.75) is 51.1 Å². The Morgan fingerprint density at radius 2 is 1.95 bits per heavy atom. The average molecular weight is 558 g/mol. The van der Waals surface area contributed by atoms with Crippen LogP contribution in [0.5, 0.6) is 5.75 Å². The molecule has 0 aliphatic carbocycles. The lowest BCUT2D eigenvalue weighted by molar-refractivity contribution is -0.192. The van der Waals surface area contributed by atoms with Crippen molar-refractivity contribution in [2.24, 2.45) is 0 Å². The van der Waals surface area contributed by atoms with Crippen LogP contribution in [0.15, 0.2) is 29.2 Å². The third-order valence-corrected chi connectivity index (χ3v) is 6.75. The van der Waals surface area contributed by atoms with Crippen LogP contribution in [0.2, 0.25) is 5.02 Å². The van der Waals surface area contributed by atoms with Crippen molar-refractivity contribution < 1.29 is 32.5 Å². The summed E-state index contributed by atoms with van der Waals surface area (Å²) in [6.45, 7) is 7.00. The highest BCUT2D eigenvalue weighted by molar-refractivity contribution is 6.30. The van der Waals surface area contributed by atoms with Crippen LogP contribution >= 0.6 is 11.6 Å². The van der Waals surface area contributed by atoms with Gasteiger partial charge in [0.15, 0.2) is 5.65 Å². The minimum atomic E-state index is -5.08. The number of alkyl halides is 3. The molecule has 0 amide bonds. The van der Waals surface area contributed by atoms with Crippen LogP contribution in [0.4, 0.5) is 13.2 Å². The smallest absolute Gasteiger partial charge is 0.487 e. The Kier molecular flexibility index (Phi) is 8.28. The summed E-state index contributed by atoms with van der Waals surface area (Å²) in [5.74, 6) is -1.24. The van der Waals surface area contributed by atoms with Gasteiger partial charge in [-0.25, -0.2) is 14.5 Å². The normalized spacial score (nSPS) is 17.9. The summed E-state index contributed by atoms with van der Waals surface area (Å²) >= 11 is 6.03. The lowest BCUT2D eigenvalue weighted by Gasteiger charge is -2.42. The zero-order chi connectivity index (χ0) is 27.6. The van der Waals surface area contributed by atoms with Crippen molar-refractivity contribution in [2.75, 3.05) is 26.3 Å². The van der Waals surface area contributed by atoms with Crippen molar-refractivity contribution in [1.82, 2.24) is 24.6 Å². The van der Waals surface area contributed by atoms with Gasteiger partial charge >= 0.3 is 12.1 Å². The number of H-pyrrole nitrogens is 1. The molecule has 14 heteroatoms. The number of aliphatic carboxylic acids is 1. The molecule has 206 valence electrons. The Balaban J connectivity index is 0.000000426. The first-order valence-corrected chi connectivity index (χ1v) is 12.3. The van der Waals surface area contributed by atoms with E-state index in [2.05, 4.69) is 21.9 Å². The van der Waals surface area contributed by atoms with Gasteiger partial charge in [-0.15, -0.1) is 0 Å². The molecule has 0 radical (unpaired) electrons. The highest BCUT2D eigenvalue weighted by Crippen LogP contribution is 2.29. The number of benzene rings is 1. The number of halogens is 4. The molecule has 0 saturated carbocycles. The van der Waals surface area contributed by atoms with Gasteiger partial charge in [-0.1, -0.05) is 11.6 Å². The van der Waals surface area contributed by atoms with Crippen LogP contribution in [-0.4, -0.2) is 74.3 Å². The first-order valence-electron chi connectivity index (χ1n) is 12.0. The molecule has 5 rings (SSSR count). The minimum absolute atomic E-state index is 0.0266. The van der Waals surface area contributed by atoms with E-state index in [-0.39, 0.29) is 23.7 Å². The van der Waals surface area contributed by atoms with E-state index >= 15 is 0 Å². The van der Waals surface area contributed by atoms with Crippen LogP contribution < -0.4 is 10.3 Å². The number of ether oxygens (including phenoxy) is 2. The number of rotatable bonds is 5. The number of hydrogen-bond acceptors (Lipinski definition) is 7. The molecule has 2 aliphatic rings. The van der Waals surface area contributed by atoms with Crippen molar-refractivity contribution >= 4 is 28.6 Å². The van der Waals surface area contributed by atoms with E-state index in [0.717, 1.165) is 37.2 Å². The number of aromatic amines is 1. The quantitative estimate of drug-likeness (QED) is 0.484. The van der Waals surface area contributed by atoms with Crippen LogP contribution in [0.3, 0.4) is 0 Å². The molecular formula is C24H27ClF3N5O5. The first-order chi connectivity index (χ1) is 17.9. The fourth-order valence-electron chi connectivity index (χ4n) is 4.31. The number of carbonyl (C=O) groups is 1. The Labute approximate surface area is 220 Å². The number of nitrogens with one attached hydrogen (secondary N) is 1. The van der Waals surface area contributed by atoms with E-state index in [1.165, 1.54) is 0 Å². The Morgan fingerprint density at radius 1 is 1.29 bits per heavy atom. The summed E-state index contributed by atoms with van der Waals surface area (Å²) in [7, 11) is 0. The highest BCUT2D eigenvalue weighted by Gasteiger charge is 2.38. The van der Waals surface area contributed by atoms with Crippen LogP contribution in [0.1, 0.15) is 43.2 Å². The number of likely N-dealkylation sites (tertiary alicyclic amines) is 1. The average Bonchev–Trinajstić information content (AvgIpc) is 3.27. The number of aromatic nitrogens is 4. The molecule has 0 spiro atoms. The standard InChI is InChI=1S/C22H26ClN5O3.C2HF3O2/c1-13-9-15(23)3-4-19(13)31-17-11-27(12-17)14(2)20-25-21-18(22(29)26-20)10-24-28(21)16-5-7-30-8-6-16;3-2(4,5)1(6)7/h3-4,9-10,14,16-17H,5-8,11-12H2,1-2H3,(H,25,26,29);(H,6,7). The number of carboxylic acid groups (broad SMARTS) is 1. The zero-order valence-corrected chi connectivity index (χ0v) is 21.4. The van der Waals surface area contributed by atoms with Gasteiger partial charge in [0, 0.05) is 31.3 Å². The van der Waals surface area contributed by atoms with E-state index in [1.54, 1.807) is 6.20 Å². The number of nitrogens with zero attached hydrogens (tertiary/aromatic N) is 4. The Bertz CT molecular complexity index is 1350. The molecule has 1 atom stereocenters. The molecule has 2 N–H and O–H groups in total. The molecule has 2 saturated heterocycles. The molecule has 2 aliphatic heterocycles. The molecule has 38 heavy (non-hydrogen) atoms. The third-order valence-electron chi connectivity index (χ3n) is 6.51. The van der Waals surface area contributed by atoms with Crippen LogP contribution in [0, 0.1) is 6.92 Å². The van der Waals surface area contributed by atoms with E-state index in [9.17, 15) is 18.0 Å². The van der Waals surface area contributed by atoms with Crippen LogP contribution in [0.25, 0.3) is 11.0 Å². The highest BCUT2D eigenvalue weighted by atomic mass is 35.5. The maximum absolute atomic E-state index is 12.7. The summed E-state index contributed by atoms with van der Waals surface area (Å²) in [6.07, 6.45) is -1.60. The predicted octanol–water partition coefficient (Wildman–Crippen LogP) is 3.89. The SMILES string of the molecule is Cc1cc(Cl)ccc1OC1CN(C(C)c2nc3c(cnn3C3CCOCC3)c(=O)[nH]2)C1.O=C(O)C(F)(F)F. The Hall–Kier alpha value is -3.16. The number of fused-ring (bicyclic) bond motifs is 1. The molecule has 2 fully saturated rings. The topological polar surface area (TPSA) is 123 Å². The lowest BCUT2D eigenvalue weighted by Crippen LogP contribution is -2.54. The van der Waals surface area contributed by atoms with Gasteiger partial charge in [-0.2, -0.15) is 18.3 Å². The van der Waals surface area contributed by atoms with Crippen molar-refractivity contribution in [3.05, 3.63) is 51.2 Å². The second-order valence-corrected chi connectivity index (χ2v) is 9.64. The van der Waals surface area contributed by atoms with Gasteiger partial charge in [0.2, 0.25) is 0 Å². The predicted molar refractivity (Wildman–Crippen MR) is 132 cm³/mol. The van der Waals surface area contributed by atoms with Gasteiger partial charge in [-0.3, -0.25) is 9.69 Å². The van der Waals surface area contributed by atoms with Gasteiger partial charge in [0.05, 0.1) is 18.3 Å². The lowest BCUT2D eigenvalue weighted by atomic mass is 10.1. The van der Waals surface area contributed by atoms with Crippen molar-refractivity contribution in [3.63, 3.8) is 0 Å². The van der Waals surface area contributed by atoms with Crippen molar-refractivity contribution in [1.29, 1.82) is 0 Å². The third kappa shape index (κ3) is 6.27. The maximum Gasteiger partial charge on any atom is 0.490 e. The van der Waals surface area contributed by atoms with E-state index in [1.807, 2.05) is 29.8 Å². The molecule has 0 bridgehead atoms. The molecule has 10 nitrogen and oxygen atoms in total. The molecule has 2 aromatic heterocycles. The second kappa shape index (κ2) is 11.3. The molecule has 3 aromatic rings. The van der Waals surface area contributed by atoms with Gasteiger partial charge in [0.25, 0.3) is 5.56 Å². The molecule has 4 heterocycles.